The van der Waals surface area contributed by atoms with Crippen LogP contribution in [0.3, 0.4) is 0 Å². The number of carbonyl (C=O) groups is 2. The summed E-state index contributed by atoms with van der Waals surface area (Å²) in [7, 11) is 0. The summed E-state index contributed by atoms with van der Waals surface area (Å²) in [4.78, 5) is 38.4. The maximum absolute atomic E-state index is 13.3. The summed E-state index contributed by atoms with van der Waals surface area (Å²) in [6.07, 6.45) is 0.796. The number of nitro benzene ring substituents is 1. The molecule has 1 heterocycles. The summed E-state index contributed by atoms with van der Waals surface area (Å²) in [5.41, 5.74) is 2.18. The summed E-state index contributed by atoms with van der Waals surface area (Å²) in [6, 6.07) is 18.7. The lowest BCUT2D eigenvalue weighted by Gasteiger charge is -2.26. The van der Waals surface area contributed by atoms with Gasteiger partial charge in [0.05, 0.1) is 22.6 Å². The van der Waals surface area contributed by atoms with Crippen LogP contribution in [0.4, 0.5) is 11.4 Å². The van der Waals surface area contributed by atoms with Gasteiger partial charge in [-0.15, -0.1) is 0 Å². The molecule has 0 aromatic heterocycles. The van der Waals surface area contributed by atoms with Gasteiger partial charge in [-0.05, 0) is 67.8 Å². The molecule has 4 rings (SSSR count). The fourth-order valence-corrected chi connectivity index (χ4v) is 4.20. The highest BCUT2D eigenvalue weighted by Gasteiger charge is 2.47. The zero-order chi connectivity index (χ0) is 26.0. The van der Waals surface area contributed by atoms with Crippen molar-refractivity contribution in [1.29, 1.82) is 0 Å². The number of benzene rings is 3. The average Bonchev–Trinajstić information content (AvgIpc) is 3.14. The van der Waals surface area contributed by atoms with E-state index in [2.05, 4.69) is 0 Å². The lowest BCUT2D eigenvalue weighted by atomic mass is 9.94. The van der Waals surface area contributed by atoms with Gasteiger partial charge >= 0.3 is 0 Å². The third kappa shape index (κ3) is 4.70. The smallest absolute Gasteiger partial charge is 0.300 e. The molecule has 0 saturated carbocycles. The molecule has 8 heteroatoms. The lowest BCUT2D eigenvalue weighted by Crippen LogP contribution is -2.29. The van der Waals surface area contributed by atoms with Crippen LogP contribution in [-0.4, -0.2) is 27.8 Å². The highest BCUT2D eigenvalue weighted by Crippen LogP contribution is 2.42. The number of Topliss-reactive ketones (excluding diaryl/α,β-unsaturated/α-hetero) is 1. The number of ether oxygens (including phenoxy) is 1. The normalized spacial score (nSPS) is 17.0. The molecule has 184 valence electrons. The Labute approximate surface area is 208 Å². The molecular formula is C28H26N2O6. The Morgan fingerprint density at radius 3 is 2.14 bits per heavy atom. The van der Waals surface area contributed by atoms with Crippen LogP contribution in [0, 0.1) is 10.1 Å². The first kappa shape index (κ1) is 24.7. The Bertz CT molecular complexity index is 1330. The molecule has 0 radical (unpaired) electrons. The molecule has 0 bridgehead atoms. The number of rotatable bonds is 7. The number of hydrogen-bond acceptors (Lipinski definition) is 6. The first-order valence-electron chi connectivity index (χ1n) is 11.6. The summed E-state index contributed by atoms with van der Waals surface area (Å²) in [5, 5.41) is 22.2. The standard InChI is InChI=1S/C28H26N2O6/c1-4-18-5-7-19(8-6-18)25-24(26(31)20-9-11-22(12-10-20)30(34)35)27(32)28(33)29(25)21-13-15-23(16-14-21)36-17(2)3/h5-17,25,31H,4H2,1-3H3/b26-24-. The van der Waals surface area contributed by atoms with Crippen LogP contribution in [0.15, 0.2) is 78.4 Å². The zero-order valence-corrected chi connectivity index (χ0v) is 20.2. The van der Waals surface area contributed by atoms with Crippen molar-refractivity contribution in [2.24, 2.45) is 0 Å². The molecule has 1 atom stereocenters. The molecular weight excluding hydrogens is 460 g/mol. The van der Waals surface area contributed by atoms with Gasteiger partial charge in [0.1, 0.15) is 11.5 Å². The first-order valence-corrected chi connectivity index (χ1v) is 11.6. The molecule has 3 aromatic rings. The van der Waals surface area contributed by atoms with E-state index in [1.54, 1.807) is 24.3 Å². The second-order valence-corrected chi connectivity index (χ2v) is 8.73. The van der Waals surface area contributed by atoms with Gasteiger partial charge in [-0.3, -0.25) is 24.6 Å². The van der Waals surface area contributed by atoms with E-state index in [1.165, 1.54) is 29.2 Å². The van der Waals surface area contributed by atoms with Crippen molar-refractivity contribution in [3.05, 3.63) is 105 Å². The Hall–Kier alpha value is -4.46. The minimum Gasteiger partial charge on any atom is -0.507 e. The van der Waals surface area contributed by atoms with E-state index in [-0.39, 0.29) is 22.9 Å². The van der Waals surface area contributed by atoms with Crippen LogP contribution in [-0.2, 0) is 16.0 Å². The molecule has 1 amide bonds. The Morgan fingerprint density at radius 2 is 1.61 bits per heavy atom. The topological polar surface area (TPSA) is 110 Å². The van der Waals surface area contributed by atoms with Gasteiger partial charge in [-0.1, -0.05) is 31.2 Å². The molecule has 1 N–H and O–H groups in total. The number of non-ortho nitro benzene ring substituents is 1. The van der Waals surface area contributed by atoms with Gasteiger partial charge in [0.25, 0.3) is 17.4 Å². The number of aliphatic hydroxyl groups excluding tert-OH is 1. The number of carbonyl (C=O) groups excluding carboxylic acids is 2. The zero-order valence-electron chi connectivity index (χ0n) is 20.2. The molecule has 0 spiro atoms. The van der Waals surface area contributed by atoms with Crippen molar-refractivity contribution in [2.45, 2.75) is 39.3 Å². The molecule has 1 fully saturated rings. The highest BCUT2D eigenvalue weighted by molar-refractivity contribution is 6.51. The van der Waals surface area contributed by atoms with E-state index in [4.69, 9.17) is 4.74 Å². The van der Waals surface area contributed by atoms with Crippen LogP contribution in [0.2, 0.25) is 0 Å². The summed E-state index contributed by atoms with van der Waals surface area (Å²) in [6.45, 7) is 5.84. The van der Waals surface area contributed by atoms with Crippen molar-refractivity contribution >= 4 is 28.8 Å². The first-order chi connectivity index (χ1) is 17.2. The predicted molar refractivity (Wildman–Crippen MR) is 136 cm³/mol. The number of amides is 1. The van der Waals surface area contributed by atoms with E-state index in [0.717, 1.165) is 12.0 Å². The van der Waals surface area contributed by atoms with Gasteiger partial charge in [0, 0.05) is 23.4 Å². The third-order valence-electron chi connectivity index (χ3n) is 5.99. The number of aryl methyl sites for hydroxylation is 1. The second-order valence-electron chi connectivity index (χ2n) is 8.73. The molecule has 1 aliphatic heterocycles. The molecule has 1 unspecified atom stereocenters. The number of anilines is 1. The van der Waals surface area contributed by atoms with Gasteiger partial charge in [-0.25, -0.2) is 0 Å². The number of hydrogen-bond donors (Lipinski definition) is 1. The van der Waals surface area contributed by atoms with E-state index in [9.17, 15) is 24.8 Å². The van der Waals surface area contributed by atoms with Crippen molar-refractivity contribution in [3.63, 3.8) is 0 Å². The quantitative estimate of drug-likeness (QED) is 0.154. The predicted octanol–water partition coefficient (Wildman–Crippen LogP) is 5.57. The minimum atomic E-state index is -0.886. The molecule has 1 saturated heterocycles. The fourth-order valence-electron chi connectivity index (χ4n) is 4.20. The molecule has 1 aliphatic rings. The van der Waals surface area contributed by atoms with Crippen molar-refractivity contribution in [3.8, 4) is 5.75 Å². The maximum atomic E-state index is 13.3. The monoisotopic (exact) mass is 486 g/mol. The van der Waals surface area contributed by atoms with E-state index >= 15 is 0 Å². The number of ketones is 1. The van der Waals surface area contributed by atoms with Crippen molar-refractivity contribution in [2.75, 3.05) is 4.90 Å². The van der Waals surface area contributed by atoms with Crippen LogP contribution >= 0.6 is 0 Å². The van der Waals surface area contributed by atoms with Gasteiger partial charge in [-0.2, -0.15) is 0 Å². The van der Waals surface area contributed by atoms with Crippen molar-refractivity contribution in [1.82, 2.24) is 0 Å². The molecule has 36 heavy (non-hydrogen) atoms. The maximum Gasteiger partial charge on any atom is 0.300 e. The fraction of sp³-hybridized carbons (Fsp3) is 0.214. The lowest BCUT2D eigenvalue weighted by molar-refractivity contribution is -0.384. The molecule has 3 aromatic carbocycles. The highest BCUT2D eigenvalue weighted by atomic mass is 16.6. The van der Waals surface area contributed by atoms with Gasteiger partial charge in [0.15, 0.2) is 0 Å². The Balaban J connectivity index is 1.85. The Kier molecular flexibility index (Phi) is 6.87. The van der Waals surface area contributed by atoms with Crippen molar-refractivity contribution < 1.29 is 24.4 Å². The summed E-state index contributed by atoms with van der Waals surface area (Å²) >= 11 is 0. The number of nitrogens with zero attached hydrogens (tertiary/aromatic N) is 2. The van der Waals surface area contributed by atoms with Crippen LogP contribution in [0.1, 0.15) is 43.5 Å². The van der Waals surface area contributed by atoms with Crippen LogP contribution in [0.5, 0.6) is 5.75 Å². The van der Waals surface area contributed by atoms with Gasteiger partial charge < -0.3 is 9.84 Å². The van der Waals surface area contributed by atoms with E-state index in [0.29, 0.717) is 17.0 Å². The second kappa shape index (κ2) is 10.0. The van der Waals surface area contributed by atoms with E-state index in [1.807, 2.05) is 45.0 Å². The SMILES string of the molecule is CCc1ccc(C2/C(=C(/O)c3ccc([N+](=O)[O-])cc3)C(=O)C(=O)N2c2ccc(OC(C)C)cc2)cc1. The van der Waals surface area contributed by atoms with Crippen LogP contribution < -0.4 is 9.64 Å². The largest absolute Gasteiger partial charge is 0.507 e. The summed E-state index contributed by atoms with van der Waals surface area (Å²) in [5.74, 6) is -1.38. The van der Waals surface area contributed by atoms with Crippen LogP contribution in [0.25, 0.3) is 5.76 Å². The van der Waals surface area contributed by atoms with Gasteiger partial charge in [0.2, 0.25) is 0 Å². The average molecular weight is 487 g/mol. The van der Waals surface area contributed by atoms with E-state index < -0.39 is 28.4 Å². The third-order valence-corrected chi connectivity index (χ3v) is 5.99. The summed E-state index contributed by atoms with van der Waals surface area (Å²) < 4.78 is 5.69. The Morgan fingerprint density at radius 1 is 1.00 bits per heavy atom. The molecule has 0 aliphatic carbocycles. The minimum absolute atomic E-state index is 0.0242. The number of nitro groups is 1. The number of aliphatic hydroxyl groups is 1. The molecule has 8 nitrogen and oxygen atoms in total.